The van der Waals surface area contributed by atoms with Gasteiger partial charge in [-0.1, -0.05) is 13.8 Å². The molecule has 0 atom stereocenters. The molecule has 1 aliphatic rings. The molecule has 0 unspecified atom stereocenters. The summed E-state index contributed by atoms with van der Waals surface area (Å²) in [6.07, 6.45) is 6.44. The van der Waals surface area contributed by atoms with Crippen molar-refractivity contribution >= 4 is 0 Å². The Morgan fingerprint density at radius 2 is 1.78 bits per heavy atom. The highest BCUT2D eigenvalue weighted by atomic mass is 15.2. The van der Waals surface area contributed by atoms with E-state index in [-0.39, 0.29) is 0 Å². The van der Waals surface area contributed by atoms with Gasteiger partial charge in [-0.25, -0.2) is 0 Å². The zero-order valence-corrected chi connectivity index (χ0v) is 12.9. The van der Waals surface area contributed by atoms with Crippen LogP contribution in [0.2, 0.25) is 0 Å². The molecule has 0 radical (unpaired) electrons. The highest BCUT2D eigenvalue weighted by Gasteiger charge is 2.21. The quantitative estimate of drug-likeness (QED) is 0.757. The maximum atomic E-state index is 5.66. The maximum Gasteiger partial charge on any atom is 0.0113 e. The second-order valence-corrected chi connectivity index (χ2v) is 6.84. The number of hydrogen-bond donors (Lipinski definition) is 1. The molecule has 3 heteroatoms. The number of piperidine rings is 1. The second-order valence-electron chi connectivity index (χ2n) is 6.84. The van der Waals surface area contributed by atoms with Crippen molar-refractivity contribution in [1.29, 1.82) is 0 Å². The Bertz CT molecular complexity index is 218. The minimum atomic E-state index is 0.427. The van der Waals surface area contributed by atoms with Crippen LogP contribution in [0.5, 0.6) is 0 Å². The third-order valence-corrected chi connectivity index (χ3v) is 4.44. The third-order valence-electron chi connectivity index (χ3n) is 4.44. The minimum absolute atomic E-state index is 0.427. The molecule has 1 aliphatic heterocycles. The Morgan fingerprint density at radius 3 is 2.28 bits per heavy atom. The van der Waals surface area contributed by atoms with E-state index in [0.717, 1.165) is 19.0 Å². The Morgan fingerprint density at radius 1 is 1.17 bits per heavy atom. The number of nitrogens with two attached hydrogens (primary N) is 1. The van der Waals surface area contributed by atoms with Crippen LogP contribution < -0.4 is 5.73 Å². The van der Waals surface area contributed by atoms with Crippen LogP contribution in [0, 0.1) is 5.41 Å². The van der Waals surface area contributed by atoms with Crippen molar-refractivity contribution in [3.63, 3.8) is 0 Å². The van der Waals surface area contributed by atoms with E-state index in [2.05, 4.69) is 37.7 Å². The van der Waals surface area contributed by atoms with Crippen molar-refractivity contribution < 1.29 is 0 Å². The fraction of sp³-hybridized carbons (Fsp3) is 1.00. The summed E-state index contributed by atoms with van der Waals surface area (Å²) in [5.74, 6) is 0. The first-order valence-electron chi connectivity index (χ1n) is 7.53. The molecule has 0 aromatic heterocycles. The fourth-order valence-electron chi connectivity index (χ4n) is 2.96. The van der Waals surface area contributed by atoms with E-state index >= 15 is 0 Å². The summed E-state index contributed by atoms with van der Waals surface area (Å²) >= 11 is 0. The molecule has 1 heterocycles. The summed E-state index contributed by atoms with van der Waals surface area (Å²) in [5.41, 5.74) is 6.08. The first-order chi connectivity index (χ1) is 8.44. The number of rotatable bonds is 7. The van der Waals surface area contributed by atoms with Gasteiger partial charge in [0.05, 0.1) is 0 Å². The van der Waals surface area contributed by atoms with Gasteiger partial charge >= 0.3 is 0 Å². The zero-order chi connectivity index (χ0) is 13.6. The summed E-state index contributed by atoms with van der Waals surface area (Å²) in [5, 5.41) is 0. The summed E-state index contributed by atoms with van der Waals surface area (Å²) in [6, 6.07) is 0.801. The van der Waals surface area contributed by atoms with Crippen LogP contribution in [-0.4, -0.2) is 56.1 Å². The molecule has 0 saturated carbocycles. The van der Waals surface area contributed by atoms with E-state index in [1.165, 1.54) is 45.3 Å². The highest BCUT2D eigenvalue weighted by molar-refractivity contribution is 4.77. The Balaban J connectivity index is 2.14. The molecule has 1 saturated heterocycles. The predicted octanol–water partition coefficient (Wildman–Crippen LogP) is 2.17. The molecule has 0 aromatic carbocycles. The topological polar surface area (TPSA) is 32.5 Å². The molecule has 0 amide bonds. The van der Waals surface area contributed by atoms with E-state index in [1.54, 1.807) is 0 Å². The van der Waals surface area contributed by atoms with Crippen LogP contribution in [0.4, 0.5) is 0 Å². The first kappa shape index (κ1) is 15.9. The Labute approximate surface area is 114 Å². The van der Waals surface area contributed by atoms with Gasteiger partial charge in [-0.3, -0.25) is 0 Å². The summed E-state index contributed by atoms with van der Waals surface area (Å²) in [6.45, 7) is 9.34. The summed E-state index contributed by atoms with van der Waals surface area (Å²) in [7, 11) is 4.41. The van der Waals surface area contributed by atoms with Gasteiger partial charge < -0.3 is 15.5 Å². The van der Waals surface area contributed by atoms with E-state index in [4.69, 9.17) is 5.73 Å². The monoisotopic (exact) mass is 255 g/mol. The van der Waals surface area contributed by atoms with Crippen LogP contribution in [0.15, 0.2) is 0 Å². The molecule has 3 nitrogen and oxygen atoms in total. The predicted molar refractivity (Wildman–Crippen MR) is 79.8 cm³/mol. The Hall–Kier alpha value is -0.120. The van der Waals surface area contributed by atoms with Crippen molar-refractivity contribution in [2.45, 2.75) is 52.0 Å². The van der Waals surface area contributed by atoms with Gasteiger partial charge in [0.1, 0.15) is 0 Å². The van der Waals surface area contributed by atoms with Gasteiger partial charge in [0.25, 0.3) is 0 Å². The van der Waals surface area contributed by atoms with Crippen LogP contribution >= 0.6 is 0 Å². The lowest BCUT2D eigenvalue weighted by Gasteiger charge is -2.35. The normalized spacial score (nSPS) is 19.7. The van der Waals surface area contributed by atoms with Crippen molar-refractivity contribution in [3.8, 4) is 0 Å². The lowest BCUT2D eigenvalue weighted by atomic mass is 9.84. The van der Waals surface area contributed by atoms with Crippen molar-refractivity contribution in [2.75, 3.05) is 40.3 Å². The molecule has 1 fully saturated rings. The lowest BCUT2D eigenvalue weighted by Crippen LogP contribution is -2.42. The lowest BCUT2D eigenvalue weighted by molar-refractivity contribution is 0.138. The van der Waals surface area contributed by atoms with E-state index in [1.807, 2.05) is 0 Å². The highest BCUT2D eigenvalue weighted by Crippen LogP contribution is 2.26. The molecular formula is C15H33N3. The van der Waals surface area contributed by atoms with Crippen LogP contribution in [-0.2, 0) is 0 Å². The van der Waals surface area contributed by atoms with Gasteiger partial charge in [0.2, 0.25) is 0 Å². The average Bonchev–Trinajstić information content (AvgIpc) is 2.29. The molecule has 1 rings (SSSR count). The number of hydrogen-bond acceptors (Lipinski definition) is 3. The van der Waals surface area contributed by atoms with Crippen molar-refractivity contribution in [3.05, 3.63) is 0 Å². The van der Waals surface area contributed by atoms with Crippen molar-refractivity contribution in [2.24, 2.45) is 11.1 Å². The molecule has 0 aliphatic carbocycles. The van der Waals surface area contributed by atoms with Gasteiger partial charge in [-0.2, -0.15) is 0 Å². The van der Waals surface area contributed by atoms with Gasteiger partial charge in [-0.15, -0.1) is 0 Å². The molecule has 2 N–H and O–H groups in total. The number of nitrogens with zero attached hydrogens (tertiary/aromatic N) is 2. The van der Waals surface area contributed by atoms with Crippen molar-refractivity contribution in [1.82, 2.24) is 9.80 Å². The third kappa shape index (κ3) is 5.68. The molecule has 0 bridgehead atoms. The molecule has 108 valence electrons. The standard InChI is InChI=1S/C15H33N3/c1-15(2,9-10-16)8-5-11-18-12-6-14(7-13-18)17(3)4/h14H,5-13,16H2,1-4H3. The largest absolute Gasteiger partial charge is 0.330 e. The zero-order valence-electron chi connectivity index (χ0n) is 12.9. The van der Waals surface area contributed by atoms with Crippen LogP contribution in [0.3, 0.4) is 0 Å². The first-order valence-corrected chi connectivity index (χ1v) is 7.53. The van der Waals surface area contributed by atoms with Gasteiger partial charge in [-0.05, 0) is 77.8 Å². The van der Waals surface area contributed by atoms with Gasteiger partial charge in [0.15, 0.2) is 0 Å². The van der Waals surface area contributed by atoms with E-state index < -0.39 is 0 Å². The minimum Gasteiger partial charge on any atom is -0.330 e. The molecular weight excluding hydrogens is 222 g/mol. The molecule has 0 aromatic rings. The maximum absolute atomic E-state index is 5.66. The van der Waals surface area contributed by atoms with E-state index in [9.17, 15) is 0 Å². The average molecular weight is 255 g/mol. The summed E-state index contributed by atoms with van der Waals surface area (Å²) < 4.78 is 0. The summed E-state index contributed by atoms with van der Waals surface area (Å²) in [4.78, 5) is 5.01. The number of likely N-dealkylation sites (tertiary alicyclic amines) is 1. The Kier molecular flexibility index (Phi) is 6.61. The molecule has 18 heavy (non-hydrogen) atoms. The fourth-order valence-corrected chi connectivity index (χ4v) is 2.96. The van der Waals surface area contributed by atoms with E-state index in [0.29, 0.717) is 5.41 Å². The second kappa shape index (κ2) is 7.46. The van der Waals surface area contributed by atoms with Gasteiger partial charge in [0, 0.05) is 6.04 Å². The molecule has 0 spiro atoms. The van der Waals surface area contributed by atoms with Crippen LogP contribution in [0.25, 0.3) is 0 Å². The smallest absolute Gasteiger partial charge is 0.0113 e. The SMILES string of the molecule is CN(C)C1CCN(CCCC(C)(C)CCN)CC1. The van der Waals surface area contributed by atoms with Crippen LogP contribution in [0.1, 0.15) is 46.0 Å².